The van der Waals surface area contributed by atoms with E-state index in [4.69, 9.17) is 4.74 Å². The van der Waals surface area contributed by atoms with Gasteiger partial charge < -0.3 is 4.74 Å². The molecular weight excluding hydrogens is 264 g/mol. The van der Waals surface area contributed by atoms with Gasteiger partial charge in [-0.15, -0.1) is 0 Å². The number of nitrogens with zero attached hydrogens (tertiary/aromatic N) is 1. The molecule has 2 bridgehead atoms. The van der Waals surface area contributed by atoms with Crippen molar-refractivity contribution in [1.82, 2.24) is 5.43 Å². The van der Waals surface area contributed by atoms with Crippen LogP contribution in [0.15, 0.2) is 29.4 Å². The van der Waals surface area contributed by atoms with Gasteiger partial charge in [0, 0.05) is 17.2 Å². The number of carbonyl (C=O) groups excluding carboxylic acids is 1. The standard InChI is InChI=1S/C17H22N2O2/c1-11(16-10-12-3-4-14(16)9-12)18-19-17(20)13-5-7-15(21-2)8-6-13/h5-8,12,14,16H,3-4,9-10H2,1-2H3,(H,19,20). The Morgan fingerprint density at radius 1 is 1.24 bits per heavy atom. The van der Waals surface area contributed by atoms with Gasteiger partial charge in [0.25, 0.3) is 5.91 Å². The summed E-state index contributed by atoms with van der Waals surface area (Å²) in [5.41, 5.74) is 4.35. The number of rotatable bonds is 4. The van der Waals surface area contributed by atoms with Crippen LogP contribution in [0.1, 0.15) is 43.0 Å². The molecule has 2 saturated carbocycles. The third-order valence-electron chi connectivity index (χ3n) is 4.96. The van der Waals surface area contributed by atoms with Gasteiger partial charge >= 0.3 is 0 Å². The summed E-state index contributed by atoms with van der Waals surface area (Å²) in [6, 6.07) is 7.05. The zero-order chi connectivity index (χ0) is 14.8. The number of hydrazone groups is 1. The van der Waals surface area contributed by atoms with Crippen LogP contribution in [-0.4, -0.2) is 18.7 Å². The monoisotopic (exact) mass is 286 g/mol. The van der Waals surface area contributed by atoms with E-state index in [0.29, 0.717) is 11.5 Å². The molecule has 0 spiro atoms. The van der Waals surface area contributed by atoms with E-state index in [1.807, 2.05) is 6.92 Å². The number of nitrogens with one attached hydrogen (secondary N) is 1. The highest BCUT2D eigenvalue weighted by molar-refractivity contribution is 5.95. The summed E-state index contributed by atoms with van der Waals surface area (Å²) in [5.74, 6) is 2.83. The van der Waals surface area contributed by atoms with Gasteiger partial charge in [0.15, 0.2) is 0 Å². The Balaban J connectivity index is 1.60. The minimum Gasteiger partial charge on any atom is -0.497 e. The fourth-order valence-electron chi connectivity index (χ4n) is 3.79. The summed E-state index contributed by atoms with van der Waals surface area (Å²) >= 11 is 0. The Hall–Kier alpha value is -1.84. The molecule has 0 aliphatic heterocycles. The molecule has 0 aromatic heterocycles. The van der Waals surface area contributed by atoms with Gasteiger partial charge in [-0.05, 0) is 62.3 Å². The lowest BCUT2D eigenvalue weighted by Gasteiger charge is -2.21. The Morgan fingerprint density at radius 3 is 2.57 bits per heavy atom. The summed E-state index contributed by atoms with van der Waals surface area (Å²) < 4.78 is 5.08. The van der Waals surface area contributed by atoms with Crippen molar-refractivity contribution in [2.75, 3.05) is 7.11 Å². The summed E-state index contributed by atoms with van der Waals surface area (Å²) in [6.07, 6.45) is 5.31. The van der Waals surface area contributed by atoms with Crippen LogP contribution in [0.4, 0.5) is 0 Å². The number of benzene rings is 1. The van der Waals surface area contributed by atoms with Gasteiger partial charge in [-0.3, -0.25) is 4.79 Å². The molecule has 2 aliphatic carbocycles. The van der Waals surface area contributed by atoms with E-state index in [-0.39, 0.29) is 5.91 Å². The van der Waals surface area contributed by atoms with E-state index >= 15 is 0 Å². The average molecular weight is 286 g/mol. The molecule has 1 aromatic carbocycles. The smallest absolute Gasteiger partial charge is 0.271 e. The predicted octanol–water partition coefficient (Wildman–Crippen LogP) is 3.24. The zero-order valence-electron chi connectivity index (χ0n) is 12.6. The Bertz CT molecular complexity index is 550. The quantitative estimate of drug-likeness (QED) is 0.682. The van der Waals surface area contributed by atoms with Crippen LogP contribution in [0, 0.1) is 17.8 Å². The van der Waals surface area contributed by atoms with Crippen molar-refractivity contribution in [3.63, 3.8) is 0 Å². The van der Waals surface area contributed by atoms with Gasteiger partial charge in [-0.1, -0.05) is 6.42 Å². The second-order valence-electron chi connectivity index (χ2n) is 6.20. The van der Waals surface area contributed by atoms with Crippen LogP contribution in [0.3, 0.4) is 0 Å². The summed E-state index contributed by atoms with van der Waals surface area (Å²) in [7, 11) is 1.61. The topological polar surface area (TPSA) is 50.7 Å². The molecule has 3 unspecified atom stereocenters. The number of methoxy groups -OCH3 is 1. The number of hydrogen-bond acceptors (Lipinski definition) is 3. The molecule has 0 radical (unpaired) electrons. The first kappa shape index (κ1) is 14.1. The van der Waals surface area contributed by atoms with Crippen molar-refractivity contribution < 1.29 is 9.53 Å². The molecule has 2 fully saturated rings. The fourth-order valence-corrected chi connectivity index (χ4v) is 3.79. The number of ether oxygens (including phenoxy) is 1. The number of amides is 1. The number of hydrogen-bond donors (Lipinski definition) is 1. The Labute approximate surface area is 125 Å². The van der Waals surface area contributed by atoms with Crippen molar-refractivity contribution in [2.45, 2.75) is 32.6 Å². The first-order valence-electron chi connectivity index (χ1n) is 7.66. The molecule has 3 atom stereocenters. The van der Waals surface area contributed by atoms with Gasteiger partial charge in [-0.2, -0.15) is 5.10 Å². The largest absolute Gasteiger partial charge is 0.497 e. The Morgan fingerprint density at radius 2 is 2.00 bits per heavy atom. The second-order valence-corrected chi connectivity index (χ2v) is 6.20. The molecule has 2 aliphatic rings. The molecular formula is C17H22N2O2. The summed E-state index contributed by atoms with van der Waals surface area (Å²) in [6.45, 7) is 2.04. The maximum Gasteiger partial charge on any atom is 0.271 e. The van der Waals surface area contributed by atoms with E-state index in [1.54, 1.807) is 31.4 Å². The highest BCUT2D eigenvalue weighted by Crippen LogP contribution is 2.48. The summed E-state index contributed by atoms with van der Waals surface area (Å²) in [4.78, 5) is 12.1. The zero-order valence-corrected chi connectivity index (χ0v) is 12.6. The maximum absolute atomic E-state index is 12.1. The van der Waals surface area contributed by atoms with Gasteiger partial charge in [0.05, 0.1) is 7.11 Å². The molecule has 4 heteroatoms. The predicted molar refractivity (Wildman–Crippen MR) is 82.5 cm³/mol. The third kappa shape index (κ3) is 2.94. The van der Waals surface area contributed by atoms with Crippen LogP contribution in [0.5, 0.6) is 5.75 Å². The Kier molecular flexibility index (Phi) is 3.95. The van der Waals surface area contributed by atoms with Crippen LogP contribution in [-0.2, 0) is 0 Å². The first-order chi connectivity index (χ1) is 10.2. The highest BCUT2D eigenvalue weighted by atomic mass is 16.5. The normalized spacial score (nSPS) is 27.7. The lowest BCUT2D eigenvalue weighted by atomic mass is 9.86. The lowest BCUT2D eigenvalue weighted by Crippen LogP contribution is -2.24. The molecule has 3 rings (SSSR count). The highest BCUT2D eigenvalue weighted by Gasteiger charge is 2.40. The molecule has 4 nitrogen and oxygen atoms in total. The van der Waals surface area contributed by atoms with E-state index in [0.717, 1.165) is 23.3 Å². The lowest BCUT2D eigenvalue weighted by molar-refractivity contribution is 0.0954. The molecule has 21 heavy (non-hydrogen) atoms. The van der Waals surface area contributed by atoms with Crippen LogP contribution in [0.2, 0.25) is 0 Å². The summed E-state index contributed by atoms with van der Waals surface area (Å²) in [5, 5.41) is 4.33. The van der Waals surface area contributed by atoms with Gasteiger partial charge in [0.2, 0.25) is 0 Å². The average Bonchev–Trinajstić information content (AvgIpc) is 3.15. The fraction of sp³-hybridized carbons (Fsp3) is 0.529. The van der Waals surface area contributed by atoms with Crippen molar-refractivity contribution in [3.8, 4) is 5.75 Å². The van der Waals surface area contributed by atoms with Crippen LogP contribution < -0.4 is 10.2 Å². The van der Waals surface area contributed by atoms with Gasteiger partial charge in [0.1, 0.15) is 5.75 Å². The van der Waals surface area contributed by atoms with Gasteiger partial charge in [-0.25, -0.2) is 5.43 Å². The van der Waals surface area contributed by atoms with Crippen molar-refractivity contribution in [3.05, 3.63) is 29.8 Å². The molecule has 0 saturated heterocycles. The molecule has 1 amide bonds. The van der Waals surface area contributed by atoms with Crippen molar-refractivity contribution >= 4 is 11.6 Å². The molecule has 0 heterocycles. The molecule has 1 N–H and O–H groups in total. The van der Waals surface area contributed by atoms with E-state index < -0.39 is 0 Å². The van der Waals surface area contributed by atoms with Crippen LogP contribution >= 0.6 is 0 Å². The third-order valence-corrected chi connectivity index (χ3v) is 4.96. The van der Waals surface area contributed by atoms with Crippen molar-refractivity contribution in [1.29, 1.82) is 0 Å². The first-order valence-corrected chi connectivity index (χ1v) is 7.66. The number of carbonyl (C=O) groups is 1. The number of fused-ring (bicyclic) bond motifs is 2. The molecule has 112 valence electrons. The molecule has 1 aromatic rings. The van der Waals surface area contributed by atoms with Crippen LogP contribution in [0.25, 0.3) is 0 Å². The SMILES string of the molecule is COc1ccc(C(=O)NN=C(C)C2CC3CCC2C3)cc1. The maximum atomic E-state index is 12.1. The second kappa shape index (κ2) is 5.88. The van der Waals surface area contributed by atoms with E-state index in [2.05, 4.69) is 10.5 Å². The minimum atomic E-state index is -0.167. The van der Waals surface area contributed by atoms with E-state index in [9.17, 15) is 4.79 Å². The van der Waals surface area contributed by atoms with Crippen molar-refractivity contribution in [2.24, 2.45) is 22.9 Å². The van der Waals surface area contributed by atoms with E-state index in [1.165, 1.54) is 25.7 Å². The minimum absolute atomic E-state index is 0.167.